The van der Waals surface area contributed by atoms with Gasteiger partial charge in [0.1, 0.15) is 0 Å². The molecule has 1 heterocycles. The minimum Gasteiger partial charge on any atom is -1.00 e. The highest BCUT2D eigenvalue weighted by molar-refractivity contribution is 5.97. The van der Waals surface area contributed by atoms with E-state index >= 15 is 0 Å². The molecule has 3 heteroatoms. The third-order valence-electron chi connectivity index (χ3n) is 4.31. The molecule has 0 atom stereocenters. The number of hydrogen-bond acceptors (Lipinski definition) is 1. The summed E-state index contributed by atoms with van der Waals surface area (Å²) in [6, 6.07) is 22.4. The summed E-state index contributed by atoms with van der Waals surface area (Å²) >= 11 is 0. The molecule has 0 N–H and O–H groups in total. The molecule has 138 valence electrons. The van der Waals surface area contributed by atoms with Gasteiger partial charge in [0.15, 0.2) is 24.7 Å². The summed E-state index contributed by atoms with van der Waals surface area (Å²) in [6.45, 7) is 4.72. The Morgan fingerprint density at radius 3 is 1.96 bits per heavy atom. The molecule has 2 nitrogen and oxygen atoms in total. The lowest BCUT2D eigenvalue weighted by molar-refractivity contribution is -0.688. The fourth-order valence-electron chi connectivity index (χ4n) is 2.76. The molecular formula is C24H24ClNO. The van der Waals surface area contributed by atoms with Crippen LogP contribution >= 0.6 is 0 Å². The normalized spacial score (nSPS) is 10.8. The van der Waals surface area contributed by atoms with E-state index < -0.39 is 0 Å². The van der Waals surface area contributed by atoms with Crippen LogP contribution in [0.15, 0.2) is 79.1 Å². The minimum absolute atomic E-state index is 0. The van der Waals surface area contributed by atoms with Crippen molar-refractivity contribution >= 4 is 17.9 Å². The van der Waals surface area contributed by atoms with E-state index in [1.54, 1.807) is 0 Å². The number of benzene rings is 2. The predicted molar refractivity (Wildman–Crippen MR) is 107 cm³/mol. The van der Waals surface area contributed by atoms with Crippen LogP contribution in [0.5, 0.6) is 0 Å². The van der Waals surface area contributed by atoms with Gasteiger partial charge in [0.2, 0.25) is 0 Å². The molecular weight excluding hydrogens is 354 g/mol. The predicted octanol–water partition coefficient (Wildman–Crippen LogP) is 2.04. The number of aromatic nitrogens is 1. The van der Waals surface area contributed by atoms with Gasteiger partial charge in [0.05, 0.1) is 0 Å². The molecule has 0 radical (unpaired) electrons. The summed E-state index contributed by atoms with van der Waals surface area (Å²) < 4.78 is 2.17. The summed E-state index contributed by atoms with van der Waals surface area (Å²) in [7, 11) is 0. The average Bonchev–Trinajstić information content (AvgIpc) is 2.68. The monoisotopic (exact) mass is 377 g/mol. The van der Waals surface area contributed by atoms with Crippen molar-refractivity contribution in [3.63, 3.8) is 0 Å². The molecule has 0 bridgehead atoms. The van der Waals surface area contributed by atoms with Gasteiger partial charge in [-0.2, -0.15) is 0 Å². The molecule has 0 spiro atoms. The number of rotatable bonds is 6. The molecule has 3 rings (SSSR count). The number of pyridine rings is 1. The number of hydrogen-bond donors (Lipinski definition) is 0. The van der Waals surface area contributed by atoms with Crippen molar-refractivity contribution in [2.24, 2.45) is 5.92 Å². The number of carbonyl (C=O) groups excluding carboxylic acids is 1. The van der Waals surface area contributed by atoms with E-state index in [1.807, 2.05) is 44.2 Å². The SMILES string of the molecule is CC(C)C(=O)c1ccc(/C=C/c2cc[n+](Cc3ccccc3)cc2)cc1.[Cl-]. The Balaban J connectivity index is 0.00000261. The van der Waals surface area contributed by atoms with Crippen molar-refractivity contribution in [3.8, 4) is 0 Å². The van der Waals surface area contributed by atoms with Gasteiger partial charge in [-0.25, -0.2) is 4.57 Å². The van der Waals surface area contributed by atoms with E-state index in [1.165, 1.54) is 5.56 Å². The summed E-state index contributed by atoms with van der Waals surface area (Å²) in [5.74, 6) is 0.217. The largest absolute Gasteiger partial charge is 1.00 e. The average molecular weight is 378 g/mol. The summed E-state index contributed by atoms with van der Waals surface area (Å²) in [5.41, 5.74) is 4.30. The Labute approximate surface area is 167 Å². The smallest absolute Gasteiger partial charge is 0.173 e. The molecule has 0 aliphatic heterocycles. The Morgan fingerprint density at radius 2 is 1.41 bits per heavy atom. The molecule has 2 aromatic carbocycles. The van der Waals surface area contributed by atoms with E-state index in [0.717, 1.165) is 23.2 Å². The van der Waals surface area contributed by atoms with Gasteiger partial charge < -0.3 is 12.4 Å². The number of Topliss-reactive ketones (excluding diaryl/α,β-unsaturated/α-hetero) is 1. The van der Waals surface area contributed by atoms with Crippen LogP contribution in [0.25, 0.3) is 12.2 Å². The number of ketones is 1. The second-order valence-electron chi connectivity index (χ2n) is 6.76. The van der Waals surface area contributed by atoms with Crippen molar-refractivity contribution in [2.75, 3.05) is 0 Å². The summed E-state index contributed by atoms with van der Waals surface area (Å²) in [5, 5.41) is 0. The maximum absolute atomic E-state index is 12.0. The van der Waals surface area contributed by atoms with Crippen molar-refractivity contribution in [1.82, 2.24) is 0 Å². The quantitative estimate of drug-likeness (QED) is 0.475. The van der Waals surface area contributed by atoms with E-state index in [0.29, 0.717) is 0 Å². The van der Waals surface area contributed by atoms with Gasteiger partial charge in [-0.3, -0.25) is 4.79 Å². The van der Waals surface area contributed by atoms with E-state index in [4.69, 9.17) is 0 Å². The maximum Gasteiger partial charge on any atom is 0.173 e. The van der Waals surface area contributed by atoms with Crippen LogP contribution in [-0.2, 0) is 6.54 Å². The second kappa shape index (κ2) is 9.84. The fraction of sp³-hybridized carbons (Fsp3) is 0.167. The summed E-state index contributed by atoms with van der Waals surface area (Å²) in [4.78, 5) is 12.0. The van der Waals surface area contributed by atoms with Gasteiger partial charge >= 0.3 is 0 Å². The summed E-state index contributed by atoms with van der Waals surface area (Å²) in [6.07, 6.45) is 8.35. The molecule has 0 amide bonds. The Kier molecular flexibility index (Phi) is 7.51. The first-order chi connectivity index (χ1) is 12.6. The Bertz CT molecular complexity index is 882. The van der Waals surface area contributed by atoms with Gasteiger partial charge in [-0.05, 0) is 11.1 Å². The molecule has 0 aliphatic carbocycles. The zero-order valence-electron chi connectivity index (χ0n) is 15.7. The first-order valence-electron chi connectivity index (χ1n) is 8.97. The van der Waals surface area contributed by atoms with Crippen LogP contribution < -0.4 is 17.0 Å². The first-order valence-corrected chi connectivity index (χ1v) is 8.97. The Morgan fingerprint density at radius 1 is 0.852 bits per heavy atom. The molecule has 0 saturated heterocycles. The van der Waals surface area contributed by atoms with Crippen molar-refractivity contribution in [2.45, 2.75) is 20.4 Å². The maximum atomic E-state index is 12.0. The number of carbonyl (C=O) groups is 1. The third kappa shape index (κ3) is 5.90. The highest BCUT2D eigenvalue weighted by Gasteiger charge is 2.09. The zero-order valence-corrected chi connectivity index (χ0v) is 16.4. The molecule has 0 fully saturated rings. The van der Waals surface area contributed by atoms with Crippen molar-refractivity contribution in [3.05, 3.63) is 101 Å². The van der Waals surface area contributed by atoms with E-state index in [2.05, 4.69) is 65.5 Å². The van der Waals surface area contributed by atoms with Crippen LogP contribution in [0.2, 0.25) is 0 Å². The van der Waals surface area contributed by atoms with Gasteiger partial charge in [-0.15, -0.1) is 0 Å². The standard InChI is InChI=1S/C24H24NO.ClH/c1-19(2)24(26)23-12-10-20(11-13-23)8-9-21-14-16-25(17-15-21)18-22-6-4-3-5-7-22;/h3-17,19H,18H2,1-2H3;1H/q+1;/p-1/b9-8+;. The van der Waals surface area contributed by atoms with E-state index in [-0.39, 0.29) is 24.1 Å². The minimum atomic E-state index is 0. The third-order valence-corrected chi connectivity index (χ3v) is 4.31. The van der Waals surface area contributed by atoms with Gasteiger partial charge in [-0.1, -0.05) is 80.6 Å². The topological polar surface area (TPSA) is 20.9 Å². The molecule has 0 aliphatic rings. The van der Waals surface area contributed by atoms with Crippen LogP contribution in [-0.4, -0.2) is 5.78 Å². The molecule has 0 unspecified atom stereocenters. The highest BCUT2D eigenvalue weighted by Crippen LogP contribution is 2.12. The molecule has 27 heavy (non-hydrogen) atoms. The molecule has 1 aromatic heterocycles. The van der Waals surface area contributed by atoms with Crippen LogP contribution in [0, 0.1) is 5.92 Å². The van der Waals surface area contributed by atoms with Crippen LogP contribution in [0.3, 0.4) is 0 Å². The lowest BCUT2D eigenvalue weighted by Crippen LogP contribution is -3.00. The Hall–Kier alpha value is -2.71. The first kappa shape index (κ1) is 20.6. The van der Waals surface area contributed by atoms with Gasteiger partial charge in [0.25, 0.3) is 0 Å². The lowest BCUT2D eigenvalue weighted by atomic mass is 10.00. The zero-order chi connectivity index (χ0) is 18.4. The van der Waals surface area contributed by atoms with Crippen molar-refractivity contribution < 1.29 is 21.8 Å². The molecule has 3 aromatic rings. The number of halogens is 1. The van der Waals surface area contributed by atoms with Crippen LogP contribution in [0.4, 0.5) is 0 Å². The van der Waals surface area contributed by atoms with E-state index in [9.17, 15) is 4.79 Å². The van der Waals surface area contributed by atoms with Crippen molar-refractivity contribution in [1.29, 1.82) is 0 Å². The van der Waals surface area contributed by atoms with Crippen LogP contribution in [0.1, 0.15) is 40.9 Å². The lowest BCUT2D eigenvalue weighted by Gasteiger charge is -2.04. The fourth-order valence-corrected chi connectivity index (χ4v) is 2.76. The van der Waals surface area contributed by atoms with Gasteiger partial charge in [0, 0.05) is 29.2 Å². The molecule has 0 saturated carbocycles. The number of nitrogens with zero attached hydrogens (tertiary/aromatic N) is 1. The second-order valence-corrected chi connectivity index (χ2v) is 6.76. The highest BCUT2D eigenvalue weighted by atomic mass is 35.5.